The van der Waals surface area contributed by atoms with Crippen LogP contribution in [0.2, 0.25) is 0 Å². The van der Waals surface area contributed by atoms with Crippen molar-refractivity contribution in [3.05, 3.63) is 12.2 Å². The Hall–Kier alpha value is -0.740. The average molecular weight is 124 g/mol. The van der Waals surface area contributed by atoms with Crippen LogP contribution >= 0.6 is 0 Å². The van der Waals surface area contributed by atoms with Gasteiger partial charge in [-0.05, 0) is 19.4 Å². The summed E-state index contributed by atoms with van der Waals surface area (Å²) in [6.45, 7) is 3.73. The lowest BCUT2D eigenvalue weighted by Crippen LogP contribution is -1.95. The van der Waals surface area contributed by atoms with Gasteiger partial charge in [0.15, 0.2) is 0 Å². The van der Waals surface area contributed by atoms with Crippen LogP contribution in [0.1, 0.15) is 20.3 Å². The summed E-state index contributed by atoms with van der Waals surface area (Å²) < 4.78 is 0. The fourth-order valence-corrected chi connectivity index (χ4v) is 0.461. The Balaban J connectivity index is 3.57. The molecule has 0 aromatic rings. The number of rotatable bonds is 2. The summed E-state index contributed by atoms with van der Waals surface area (Å²) in [5.74, 6) is 5.22. The van der Waals surface area contributed by atoms with Gasteiger partial charge in [0.25, 0.3) is 0 Å². The van der Waals surface area contributed by atoms with E-state index in [1.54, 1.807) is 13.0 Å². The summed E-state index contributed by atoms with van der Waals surface area (Å²) in [7, 11) is 0. The van der Waals surface area contributed by atoms with E-state index in [1.165, 1.54) is 0 Å². The number of hydrogen-bond acceptors (Lipinski definition) is 1. The molecule has 0 saturated carbocycles. The Labute approximate surface area is 56.4 Å². The van der Waals surface area contributed by atoms with Gasteiger partial charge in [0.05, 0.1) is 0 Å². The van der Waals surface area contributed by atoms with E-state index < -0.39 is 6.10 Å². The minimum absolute atomic E-state index is 0.574. The van der Waals surface area contributed by atoms with Gasteiger partial charge in [-0.1, -0.05) is 18.9 Å². The molecule has 0 heterocycles. The number of hydrogen-bond donors (Lipinski definition) is 1. The average Bonchev–Trinajstić information content (AvgIpc) is 1.85. The molecule has 0 radical (unpaired) electrons. The van der Waals surface area contributed by atoms with Crippen molar-refractivity contribution < 1.29 is 5.11 Å². The summed E-state index contributed by atoms with van der Waals surface area (Å²) >= 11 is 0. The Morgan fingerprint density at radius 3 is 2.78 bits per heavy atom. The first-order valence-corrected chi connectivity index (χ1v) is 3.08. The van der Waals surface area contributed by atoms with Crippen LogP contribution in [0.4, 0.5) is 0 Å². The normalized spacial score (nSPS) is 12.8. The second-order valence-corrected chi connectivity index (χ2v) is 1.68. The Kier molecular flexibility index (Phi) is 4.95. The Morgan fingerprint density at radius 2 is 2.33 bits per heavy atom. The second kappa shape index (κ2) is 5.40. The quantitative estimate of drug-likeness (QED) is 0.435. The van der Waals surface area contributed by atoms with E-state index in [2.05, 4.69) is 11.8 Å². The molecule has 0 rings (SSSR count). The standard InChI is InChI=1S/C8H12O/c1-3-5-7-8(9)6-4-2/h5,7-9H,3H2,1-2H3. The van der Waals surface area contributed by atoms with Crippen LogP contribution in [0.25, 0.3) is 0 Å². The molecule has 0 aliphatic heterocycles. The molecule has 1 unspecified atom stereocenters. The maximum absolute atomic E-state index is 8.92. The third-order valence-electron chi connectivity index (χ3n) is 0.846. The van der Waals surface area contributed by atoms with Gasteiger partial charge >= 0.3 is 0 Å². The van der Waals surface area contributed by atoms with Gasteiger partial charge in [-0.25, -0.2) is 0 Å². The third-order valence-corrected chi connectivity index (χ3v) is 0.846. The monoisotopic (exact) mass is 124 g/mol. The lowest BCUT2D eigenvalue weighted by atomic mass is 10.3. The zero-order valence-electron chi connectivity index (χ0n) is 5.89. The van der Waals surface area contributed by atoms with E-state index in [1.807, 2.05) is 13.0 Å². The molecule has 0 fully saturated rings. The maximum atomic E-state index is 8.92. The molecule has 0 spiro atoms. The molecular formula is C8H12O. The number of aliphatic hydroxyl groups excluding tert-OH is 1. The highest BCUT2D eigenvalue weighted by atomic mass is 16.3. The summed E-state index contributed by atoms with van der Waals surface area (Å²) in [6.07, 6.45) is 3.96. The molecule has 1 N–H and O–H groups in total. The summed E-state index contributed by atoms with van der Waals surface area (Å²) in [4.78, 5) is 0. The Bertz CT molecular complexity index is 136. The molecule has 1 nitrogen and oxygen atoms in total. The molecule has 0 aromatic carbocycles. The van der Waals surface area contributed by atoms with Crippen LogP contribution in [0, 0.1) is 11.8 Å². The molecule has 0 bridgehead atoms. The third kappa shape index (κ3) is 5.13. The van der Waals surface area contributed by atoms with E-state index in [4.69, 9.17) is 5.11 Å². The molecule has 1 atom stereocenters. The molecule has 0 saturated heterocycles. The SMILES string of the molecule is CC#CC(O)C=CCC. The van der Waals surface area contributed by atoms with Crippen molar-refractivity contribution in [1.29, 1.82) is 0 Å². The predicted molar refractivity (Wildman–Crippen MR) is 38.9 cm³/mol. The minimum atomic E-state index is -0.574. The highest BCUT2D eigenvalue weighted by Gasteiger charge is 1.85. The second-order valence-electron chi connectivity index (χ2n) is 1.68. The van der Waals surface area contributed by atoms with E-state index >= 15 is 0 Å². The van der Waals surface area contributed by atoms with E-state index in [9.17, 15) is 0 Å². The topological polar surface area (TPSA) is 20.2 Å². The predicted octanol–water partition coefficient (Wildman–Crippen LogP) is 1.34. The van der Waals surface area contributed by atoms with E-state index in [0.29, 0.717) is 0 Å². The maximum Gasteiger partial charge on any atom is 0.133 e. The van der Waals surface area contributed by atoms with Crippen LogP contribution < -0.4 is 0 Å². The minimum Gasteiger partial charge on any atom is -0.377 e. The van der Waals surface area contributed by atoms with Crippen LogP contribution in [-0.2, 0) is 0 Å². The molecular weight excluding hydrogens is 112 g/mol. The summed E-state index contributed by atoms with van der Waals surface area (Å²) in [5, 5.41) is 8.92. The molecule has 0 aromatic heterocycles. The zero-order valence-corrected chi connectivity index (χ0v) is 5.89. The van der Waals surface area contributed by atoms with Crippen molar-refractivity contribution in [1.82, 2.24) is 0 Å². The molecule has 1 heteroatoms. The fraction of sp³-hybridized carbons (Fsp3) is 0.500. The largest absolute Gasteiger partial charge is 0.377 e. The number of allylic oxidation sites excluding steroid dienone is 1. The summed E-state index contributed by atoms with van der Waals surface area (Å²) in [5.41, 5.74) is 0. The lowest BCUT2D eigenvalue weighted by molar-refractivity contribution is 0.280. The Morgan fingerprint density at radius 1 is 1.67 bits per heavy atom. The van der Waals surface area contributed by atoms with Crippen LogP contribution in [0.5, 0.6) is 0 Å². The molecule has 50 valence electrons. The van der Waals surface area contributed by atoms with Crippen molar-refractivity contribution in [2.45, 2.75) is 26.4 Å². The smallest absolute Gasteiger partial charge is 0.133 e. The van der Waals surface area contributed by atoms with Crippen molar-refractivity contribution in [3.8, 4) is 11.8 Å². The zero-order chi connectivity index (χ0) is 7.11. The molecule has 0 aliphatic rings. The first-order chi connectivity index (χ1) is 4.31. The van der Waals surface area contributed by atoms with Crippen molar-refractivity contribution in [3.63, 3.8) is 0 Å². The van der Waals surface area contributed by atoms with Crippen molar-refractivity contribution in [2.24, 2.45) is 0 Å². The van der Waals surface area contributed by atoms with Crippen LogP contribution in [-0.4, -0.2) is 11.2 Å². The van der Waals surface area contributed by atoms with E-state index in [0.717, 1.165) is 6.42 Å². The van der Waals surface area contributed by atoms with Gasteiger partial charge in [0.2, 0.25) is 0 Å². The van der Waals surface area contributed by atoms with Gasteiger partial charge < -0.3 is 5.11 Å². The van der Waals surface area contributed by atoms with E-state index in [-0.39, 0.29) is 0 Å². The molecule has 0 aliphatic carbocycles. The summed E-state index contributed by atoms with van der Waals surface area (Å²) in [6, 6.07) is 0. The van der Waals surface area contributed by atoms with Gasteiger partial charge in [-0.15, -0.1) is 5.92 Å². The highest BCUT2D eigenvalue weighted by molar-refractivity contribution is 5.10. The first-order valence-electron chi connectivity index (χ1n) is 3.08. The first kappa shape index (κ1) is 8.26. The van der Waals surface area contributed by atoms with Gasteiger partial charge in [-0.3, -0.25) is 0 Å². The molecule has 9 heavy (non-hydrogen) atoms. The van der Waals surface area contributed by atoms with Crippen molar-refractivity contribution in [2.75, 3.05) is 0 Å². The fourth-order valence-electron chi connectivity index (χ4n) is 0.461. The van der Waals surface area contributed by atoms with Crippen LogP contribution in [0.3, 0.4) is 0 Å². The lowest BCUT2D eigenvalue weighted by Gasteiger charge is -1.89. The van der Waals surface area contributed by atoms with Gasteiger partial charge in [-0.2, -0.15) is 0 Å². The van der Waals surface area contributed by atoms with Crippen molar-refractivity contribution >= 4 is 0 Å². The highest BCUT2D eigenvalue weighted by Crippen LogP contribution is 1.85. The van der Waals surface area contributed by atoms with Crippen LogP contribution in [0.15, 0.2) is 12.2 Å². The van der Waals surface area contributed by atoms with Gasteiger partial charge in [0.1, 0.15) is 6.10 Å². The number of aliphatic hydroxyl groups is 1. The molecule has 0 amide bonds. The van der Waals surface area contributed by atoms with Gasteiger partial charge in [0, 0.05) is 0 Å².